The molecule has 0 saturated carbocycles. The fourth-order valence-electron chi connectivity index (χ4n) is 2.75. The number of benzene rings is 2. The Morgan fingerprint density at radius 1 is 1.20 bits per heavy atom. The van der Waals surface area contributed by atoms with Crippen molar-refractivity contribution in [2.45, 2.75) is 19.3 Å². The lowest BCUT2D eigenvalue weighted by Crippen LogP contribution is -2.27. The Morgan fingerprint density at radius 3 is 2.88 bits per heavy atom. The van der Waals surface area contributed by atoms with Gasteiger partial charge in [0.05, 0.1) is 12.8 Å². The SMILES string of the molecule is COc1ccc2c(c1)CCCC2=NNC(=O)COc1cccc(F)c1. The number of hydrogen-bond donors (Lipinski definition) is 1. The summed E-state index contributed by atoms with van der Waals surface area (Å²) in [5.41, 5.74) is 5.53. The maximum absolute atomic E-state index is 13.1. The first-order valence-corrected chi connectivity index (χ1v) is 8.07. The number of nitrogens with zero attached hydrogens (tertiary/aromatic N) is 1. The predicted molar refractivity (Wildman–Crippen MR) is 92.5 cm³/mol. The van der Waals surface area contributed by atoms with E-state index in [0.717, 1.165) is 41.9 Å². The number of ether oxygens (including phenoxy) is 2. The molecule has 1 amide bonds. The molecule has 1 N–H and O–H groups in total. The fourth-order valence-corrected chi connectivity index (χ4v) is 2.75. The van der Waals surface area contributed by atoms with E-state index >= 15 is 0 Å². The highest BCUT2D eigenvalue weighted by Gasteiger charge is 2.16. The van der Waals surface area contributed by atoms with Gasteiger partial charge in [0.1, 0.15) is 17.3 Å². The van der Waals surface area contributed by atoms with Gasteiger partial charge < -0.3 is 9.47 Å². The smallest absolute Gasteiger partial charge is 0.277 e. The third-order valence-electron chi connectivity index (χ3n) is 3.96. The van der Waals surface area contributed by atoms with Crippen molar-refractivity contribution in [1.82, 2.24) is 5.43 Å². The standard InChI is InChI=1S/C19H19FN2O3/c1-24-15-8-9-17-13(10-15)4-2-7-18(17)21-22-19(23)12-25-16-6-3-5-14(20)11-16/h3,5-6,8-11H,2,4,7,12H2,1H3,(H,22,23). The monoisotopic (exact) mass is 342 g/mol. The van der Waals surface area contributed by atoms with E-state index in [9.17, 15) is 9.18 Å². The van der Waals surface area contributed by atoms with E-state index in [0.29, 0.717) is 5.75 Å². The maximum atomic E-state index is 13.1. The summed E-state index contributed by atoms with van der Waals surface area (Å²) in [6.07, 6.45) is 2.72. The first-order chi connectivity index (χ1) is 12.2. The average molecular weight is 342 g/mol. The minimum Gasteiger partial charge on any atom is -0.497 e. The van der Waals surface area contributed by atoms with Gasteiger partial charge in [0.25, 0.3) is 5.91 Å². The van der Waals surface area contributed by atoms with Gasteiger partial charge in [0.2, 0.25) is 0 Å². The van der Waals surface area contributed by atoms with Crippen molar-refractivity contribution < 1.29 is 18.7 Å². The molecule has 0 bridgehead atoms. The molecule has 6 heteroatoms. The summed E-state index contributed by atoms with van der Waals surface area (Å²) in [5.74, 6) is 0.315. The molecule has 0 heterocycles. The minimum absolute atomic E-state index is 0.226. The Labute approximate surface area is 145 Å². The number of methoxy groups -OCH3 is 1. The number of fused-ring (bicyclic) bond motifs is 1. The Hall–Kier alpha value is -2.89. The van der Waals surface area contributed by atoms with Crippen LogP contribution in [-0.4, -0.2) is 25.3 Å². The van der Waals surface area contributed by atoms with Crippen LogP contribution < -0.4 is 14.9 Å². The lowest BCUT2D eigenvalue weighted by molar-refractivity contribution is -0.123. The summed E-state index contributed by atoms with van der Waals surface area (Å²) in [6, 6.07) is 11.5. The number of amides is 1. The molecule has 0 atom stereocenters. The average Bonchev–Trinajstić information content (AvgIpc) is 2.64. The van der Waals surface area contributed by atoms with Crippen molar-refractivity contribution in [2.75, 3.05) is 13.7 Å². The third-order valence-corrected chi connectivity index (χ3v) is 3.96. The minimum atomic E-state index is -0.410. The van der Waals surface area contributed by atoms with Crippen LogP contribution >= 0.6 is 0 Å². The Morgan fingerprint density at radius 2 is 2.08 bits per heavy atom. The molecule has 1 aliphatic carbocycles. The summed E-state index contributed by atoms with van der Waals surface area (Å²) < 4.78 is 23.6. The molecule has 1 aliphatic rings. The quantitative estimate of drug-likeness (QED) is 0.850. The molecule has 5 nitrogen and oxygen atoms in total. The van der Waals surface area contributed by atoms with Crippen molar-refractivity contribution in [1.29, 1.82) is 0 Å². The van der Waals surface area contributed by atoms with Crippen molar-refractivity contribution in [3.8, 4) is 11.5 Å². The zero-order valence-corrected chi connectivity index (χ0v) is 13.9. The molecule has 0 aromatic heterocycles. The normalized spacial score (nSPS) is 14.7. The van der Waals surface area contributed by atoms with E-state index in [1.807, 2.05) is 18.2 Å². The zero-order valence-electron chi connectivity index (χ0n) is 13.9. The topological polar surface area (TPSA) is 59.9 Å². The van der Waals surface area contributed by atoms with E-state index in [2.05, 4.69) is 10.5 Å². The van der Waals surface area contributed by atoms with Gasteiger partial charge in [-0.25, -0.2) is 9.82 Å². The number of aryl methyl sites for hydroxylation is 1. The summed E-state index contributed by atoms with van der Waals surface area (Å²) in [7, 11) is 1.64. The van der Waals surface area contributed by atoms with Gasteiger partial charge in [0, 0.05) is 11.6 Å². The molecule has 0 radical (unpaired) electrons. The Kier molecular flexibility index (Phi) is 5.28. The number of halogens is 1. The van der Waals surface area contributed by atoms with Gasteiger partial charge in [-0.05, 0) is 55.2 Å². The largest absolute Gasteiger partial charge is 0.497 e. The van der Waals surface area contributed by atoms with Crippen LogP contribution in [0.1, 0.15) is 24.0 Å². The molecule has 0 saturated heterocycles. The van der Waals surface area contributed by atoms with Crippen LogP contribution in [0, 0.1) is 5.82 Å². The zero-order chi connectivity index (χ0) is 17.6. The fraction of sp³-hybridized carbons (Fsp3) is 0.263. The van der Waals surface area contributed by atoms with E-state index in [-0.39, 0.29) is 6.61 Å². The van der Waals surface area contributed by atoms with Crippen LogP contribution in [0.4, 0.5) is 4.39 Å². The van der Waals surface area contributed by atoms with E-state index < -0.39 is 11.7 Å². The summed E-state index contributed by atoms with van der Waals surface area (Å²) >= 11 is 0. The molecule has 25 heavy (non-hydrogen) atoms. The van der Waals surface area contributed by atoms with Crippen molar-refractivity contribution in [2.24, 2.45) is 5.10 Å². The second kappa shape index (κ2) is 7.79. The van der Waals surface area contributed by atoms with Gasteiger partial charge >= 0.3 is 0 Å². The second-order valence-electron chi connectivity index (χ2n) is 5.72. The highest BCUT2D eigenvalue weighted by Crippen LogP contribution is 2.25. The molecule has 0 unspecified atom stereocenters. The lowest BCUT2D eigenvalue weighted by Gasteiger charge is -2.18. The number of carbonyl (C=O) groups is 1. The third kappa shape index (κ3) is 4.35. The van der Waals surface area contributed by atoms with Gasteiger partial charge in [0.15, 0.2) is 6.61 Å². The highest BCUT2D eigenvalue weighted by molar-refractivity contribution is 6.03. The molecule has 0 spiro atoms. The highest BCUT2D eigenvalue weighted by atomic mass is 19.1. The number of rotatable bonds is 5. The molecule has 2 aromatic carbocycles. The van der Waals surface area contributed by atoms with Crippen LogP contribution in [0.5, 0.6) is 11.5 Å². The van der Waals surface area contributed by atoms with Crippen LogP contribution in [-0.2, 0) is 11.2 Å². The molecule has 0 aliphatic heterocycles. The molecule has 130 valence electrons. The van der Waals surface area contributed by atoms with Crippen LogP contribution in [0.15, 0.2) is 47.6 Å². The second-order valence-corrected chi connectivity index (χ2v) is 5.72. The molecule has 3 rings (SSSR count). The maximum Gasteiger partial charge on any atom is 0.277 e. The van der Waals surface area contributed by atoms with Crippen LogP contribution in [0.3, 0.4) is 0 Å². The van der Waals surface area contributed by atoms with Crippen molar-refractivity contribution >= 4 is 11.6 Å². The number of hydrazone groups is 1. The molecule has 2 aromatic rings. The Bertz CT molecular complexity index is 805. The van der Waals surface area contributed by atoms with Gasteiger partial charge in [-0.15, -0.1) is 0 Å². The summed E-state index contributed by atoms with van der Waals surface area (Å²) in [6.45, 7) is -0.226. The molecular formula is C19H19FN2O3. The van der Waals surface area contributed by atoms with E-state index in [4.69, 9.17) is 9.47 Å². The first-order valence-electron chi connectivity index (χ1n) is 8.07. The Balaban J connectivity index is 1.61. The van der Waals surface area contributed by atoms with E-state index in [1.54, 1.807) is 13.2 Å². The van der Waals surface area contributed by atoms with Crippen LogP contribution in [0.2, 0.25) is 0 Å². The van der Waals surface area contributed by atoms with Crippen molar-refractivity contribution in [3.63, 3.8) is 0 Å². The lowest BCUT2D eigenvalue weighted by atomic mass is 9.90. The predicted octanol–water partition coefficient (Wildman–Crippen LogP) is 3.07. The summed E-state index contributed by atoms with van der Waals surface area (Å²) in [5, 5.41) is 4.23. The van der Waals surface area contributed by atoms with Crippen LogP contribution in [0.25, 0.3) is 0 Å². The molecule has 0 fully saturated rings. The van der Waals surface area contributed by atoms with E-state index in [1.165, 1.54) is 18.2 Å². The van der Waals surface area contributed by atoms with Gasteiger partial charge in [-0.1, -0.05) is 6.07 Å². The summed E-state index contributed by atoms with van der Waals surface area (Å²) in [4.78, 5) is 11.9. The first kappa shape index (κ1) is 17.0. The number of nitrogens with one attached hydrogen (secondary N) is 1. The van der Waals surface area contributed by atoms with Gasteiger partial charge in [-0.2, -0.15) is 5.10 Å². The van der Waals surface area contributed by atoms with Crippen molar-refractivity contribution in [3.05, 3.63) is 59.4 Å². The number of carbonyl (C=O) groups excluding carboxylic acids is 1. The van der Waals surface area contributed by atoms with Gasteiger partial charge in [-0.3, -0.25) is 4.79 Å². The number of hydrogen-bond acceptors (Lipinski definition) is 4. The molecular weight excluding hydrogens is 323 g/mol.